The van der Waals surface area contributed by atoms with Crippen molar-refractivity contribution in [1.29, 1.82) is 0 Å². The molecule has 1 saturated carbocycles. The highest BCUT2D eigenvalue weighted by atomic mass is 35.5. The zero-order chi connectivity index (χ0) is 22.4. The fraction of sp³-hybridized carbons (Fsp3) is 0.440. The van der Waals surface area contributed by atoms with Crippen molar-refractivity contribution in [3.05, 3.63) is 68.7 Å². The maximum atomic E-state index is 13.1. The van der Waals surface area contributed by atoms with E-state index >= 15 is 0 Å². The highest BCUT2D eigenvalue weighted by molar-refractivity contribution is 6.35. The molecule has 5 atom stereocenters. The van der Waals surface area contributed by atoms with Crippen LogP contribution in [0.15, 0.2) is 42.5 Å². The van der Waals surface area contributed by atoms with Crippen LogP contribution < -0.4 is 5.32 Å². The Morgan fingerprint density at radius 2 is 1.69 bits per heavy atom. The molecule has 0 spiro atoms. The summed E-state index contributed by atoms with van der Waals surface area (Å²) in [7, 11) is 0. The van der Waals surface area contributed by atoms with Gasteiger partial charge in [0, 0.05) is 34.6 Å². The first kappa shape index (κ1) is 22.1. The van der Waals surface area contributed by atoms with Crippen molar-refractivity contribution in [3.8, 4) is 0 Å². The van der Waals surface area contributed by atoms with Crippen molar-refractivity contribution in [1.82, 2.24) is 10.2 Å². The van der Waals surface area contributed by atoms with Gasteiger partial charge in [0.25, 0.3) is 0 Å². The molecule has 0 radical (unpaired) electrons. The van der Waals surface area contributed by atoms with Crippen LogP contribution in [0.1, 0.15) is 48.6 Å². The van der Waals surface area contributed by atoms with Crippen molar-refractivity contribution in [2.24, 2.45) is 11.8 Å². The molecular formula is C25H25Cl3N2O2. The van der Waals surface area contributed by atoms with Crippen molar-refractivity contribution >= 4 is 46.6 Å². The lowest BCUT2D eigenvalue weighted by Crippen LogP contribution is -2.43. The highest BCUT2D eigenvalue weighted by Crippen LogP contribution is 2.53. The molecule has 2 amide bonds. The van der Waals surface area contributed by atoms with Crippen molar-refractivity contribution in [2.75, 3.05) is 13.1 Å². The van der Waals surface area contributed by atoms with Crippen LogP contribution in [0, 0.1) is 11.8 Å². The van der Waals surface area contributed by atoms with Gasteiger partial charge in [0.05, 0.1) is 0 Å². The fourth-order valence-corrected chi connectivity index (χ4v) is 6.67. The van der Waals surface area contributed by atoms with Crippen LogP contribution in [-0.2, 0) is 9.59 Å². The number of hydrogen-bond acceptors (Lipinski definition) is 2. The van der Waals surface area contributed by atoms with E-state index in [0.29, 0.717) is 46.3 Å². The van der Waals surface area contributed by atoms with Crippen molar-refractivity contribution in [2.45, 2.75) is 43.6 Å². The first-order valence-electron chi connectivity index (χ1n) is 11.2. The van der Waals surface area contributed by atoms with Gasteiger partial charge in [0.1, 0.15) is 6.04 Å². The number of benzene rings is 2. The number of carbonyl (C=O) groups is 2. The molecule has 0 bridgehead atoms. The summed E-state index contributed by atoms with van der Waals surface area (Å²) in [6.45, 7) is 1.45. The standard InChI is InChI=1S/C25H25Cl3N2O2/c26-16-4-1-14(2-5-16)24-19(18-8-6-17(27)11-21(18)28)7-3-15-12-30(13-20(15)24)25(32)22-9-10-23(31)29-22/h1-2,4-6,8,11,15,19-20,22,24H,3,7,9-10,12-13H2,(H,29,31)/t15?,19?,20?,22-,24?/m0/s1. The number of nitrogens with one attached hydrogen (secondary N) is 1. The molecule has 1 N–H and O–H groups in total. The van der Waals surface area contributed by atoms with E-state index in [0.717, 1.165) is 24.9 Å². The van der Waals surface area contributed by atoms with Gasteiger partial charge in [-0.15, -0.1) is 0 Å². The summed E-state index contributed by atoms with van der Waals surface area (Å²) >= 11 is 19.0. The van der Waals surface area contributed by atoms with Gasteiger partial charge in [-0.1, -0.05) is 53.0 Å². The Labute approximate surface area is 203 Å². The molecule has 2 aliphatic heterocycles. The molecule has 4 unspecified atom stereocenters. The monoisotopic (exact) mass is 490 g/mol. The molecule has 2 saturated heterocycles. The molecule has 1 aliphatic carbocycles. The fourth-order valence-electron chi connectivity index (χ4n) is 6.00. The molecule has 4 nitrogen and oxygen atoms in total. The van der Waals surface area contributed by atoms with E-state index in [4.69, 9.17) is 34.8 Å². The van der Waals surface area contributed by atoms with Gasteiger partial charge < -0.3 is 10.2 Å². The van der Waals surface area contributed by atoms with E-state index in [2.05, 4.69) is 17.4 Å². The van der Waals surface area contributed by atoms with E-state index in [1.165, 1.54) is 5.56 Å². The van der Waals surface area contributed by atoms with Gasteiger partial charge in [-0.05, 0) is 78.3 Å². The molecule has 2 aromatic carbocycles. The van der Waals surface area contributed by atoms with Gasteiger partial charge in [-0.25, -0.2) is 0 Å². The zero-order valence-electron chi connectivity index (χ0n) is 17.6. The van der Waals surface area contributed by atoms with Crippen LogP contribution >= 0.6 is 34.8 Å². The highest BCUT2D eigenvalue weighted by Gasteiger charge is 2.48. The summed E-state index contributed by atoms with van der Waals surface area (Å²) in [5, 5.41) is 4.87. The number of amides is 2. The van der Waals surface area contributed by atoms with Crippen LogP contribution in [-0.4, -0.2) is 35.8 Å². The number of hydrogen-bond donors (Lipinski definition) is 1. The molecule has 2 heterocycles. The van der Waals surface area contributed by atoms with Gasteiger partial charge in [0.2, 0.25) is 11.8 Å². The minimum atomic E-state index is -0.377. The second kappa shape index (κ2) is 8.89. The van der Waals surface area contributed by atoms with Gasteiger partial charge in [-0.3, -0.25) is 9.59 Å². The predicted molar refractivity (Wildman–Crippen MR) is 127 cm³/mol. The summed E-state index contributed by atoms with van der Waals surface area (Å²) in [6.07, 6.45) is 3.06. The SMILES string of the molecule is O=C1CC[C@@H](C(=O)N2CC3CCC(c4ccc(Cl)cc4Cl)C(c4ccc(Cl)cc4)C3C2)N1. The van der Waals surface area contributed by atoms with Gasteiger partial charge in [-0.2, -0.15) is 0 Å². The summed E-state index contributed by atoms with van der Waals surface area (Å²) in [5.41, 5.74) is 2.34. The molecule has 3 aliphatic rings. The third-order valence-electron chi connectivity index (χ3n) is 7.46. The Morgan fingerprint density at radius 1 is 0.938 bits per heavy atom. The quantitative estimate of drug-likeness (QED) is 0.602. The molecule has 5 rings (SSSR count). The van der Waals surface area contributed by atoms with E-state index < -0.39 is 0 Å². The topological polar surface area (TPSA) is 49.4 Å². The zero-order valence-corrected chi connectivity index (χ0v) is 19.8. The second-order valence-electron chi connectivity index (χ2n) is 9.25. The number of nitrogens with zero attached hydrogens (tertiary/aromatic N) is 1. The van der Waals surface area contributed by atoms with Crippen LogP contribution in [0.3, 0.4) is 0 Å². The van der Waals surface area contributed by atoms with Crippen LogP contribution in [0.5, 0.6) is 0 Å². The summed E-state index contributed by atoms with van der Waals surface area (Å²) in [5.74, 6) is 1.24. The average molecular weight is 492 g/mol. The van der Waals surface area contributed by atoms with Crippen LogP contribution in [0.25, 0.3) is 0 Å². The molecule has 7 heteroatoms. The minimum Gasteiger partial charge on any atom is -0.344 e. The minimum absolute atomic E-state index is 0.0311. The predicted octanol–water partition coefficient (Wildman–Crippen LogP) is 5.66. The third kappa shape index (κ3) is 4.13. The summed E-state index contributed by atoms with van der Waals surface area (Å²) < 4.78 is 0. The normalized spacial score (nSPS) is 29.7. The first-order chi connectivity index (χ1) is 15.4. The number of carbonyl (C=O) groups excluding carboxylic acids is 2. The molecule has 168 valence electrons. The summed E-state index contributed by atoms with van der Waals surface area (Å²) in [4.78, 5) is 26.7. The number of rotatable bonds is 3. The first-order valence-corrected chi connectivity index (χ1v) is 12.3. The Hall–Kier alpha value is -1.75. The number of fused-ring (bicyclic) bond motifs is 1. The van der Waals surface area contributed by atoms with Crippen molar-refractivity contribution < 1.29 is 9.59 Å². The Balaban J connectivity index is 1.47. The molecule has 2 aromatic rings. The van der Waals surface area contributed by atoms with Gasteiger partial charge >= 0.3 is 0 Å². The van der Waals surface area contributed by atoms with E-state index in [-0.39, 0.29) is 29.7 Å². The molecule has 0 aromatic heterocycles. The van der Waals surface area contributed by atoms with Crippen LogP contribution in [0.2, 0.25) is 15.1 Å². The largest absolute Gasteiger partial charge is 0.344 e. The van der Waals surface area contributed by atoms with E-state index in [9.17, 15) is 9.59 Å². The maximum Gasteiger partial charge on any atom is 0.245 e. The Bertz CT molecular complexity index is 1040. The van der Waals surface area contributed by atoms with E-state index in [1.54, 1.807) is 0 Å². The third-order valence-corrected chi connectivity index (χ3v) is 8.27. The van der Waals surface area contributed by atoms with Crippen molar-refractivity contribution in [3.63, 3.8) is 0 Å². The maximum absolute atomic E-state index is 13.1. The second-order valence-corrected chi connectivity index (χ2v) is 10.5. The van der Waals surface area contributed by atoms with Crippen LogP contribution in [0.4, 0.5) is 0 Å². The summed E-state index contributed by atoms with van der Waals surface area (Å²) in [6, 6.07) is 13.5. The van der Waals surface area contributed by atoms with Gasteiger partial charge in [0.15, 0.2) is 0 Å². The lowest BCUT2D eigenvalue weighted by molar-refractivity contribution is -0.133. The molecule has 32 heavy (non-hydrogen) atoms. The molecule has 3 fully saturated rings. The number of likely N-dealkylation sites (tertiary alicyclic amines) is 1. The van der Waals surface area contributed by atoms with E-state index in [1.807, 2.05) is 35.2 Å². The average Bonchev–Trinajstić information content (AvgIpc) is 3.40. The smallest absolute Gasteiger partial charge is 0.245 e. The lowest BCUT2D eigenvalue weighted by Gasteiger charge is -2.40. The Morgan fingerprint density at radius 3 is 2.38 bits per heavy atom. The molecular weight excluding hydrogens is 467 g/mol. The number of halogens is 3. The Kier molecular flexibility index (Phi) is 6.13. The lowest BCUT2D eigenvalue weighted by atomic mass is 9.63.